The van der Waals surface area contributed by atoms with Gasteiger partial charge in [-0.25, -0.2) is 0 Å². The Hall–Kier alpha value is -1.97. The Bertz CT molecular complexity index is 611. The smallest absolute Gasteiger partial charge is 0.223 e. The summed E-state index contributed by atoms with van der Waals surface area (Å²) in [7, 11) is 0. The number of primary amides is 1. The maximum atomic E-state index is 11.3. The first kappa shape index (κ1) is 11.1. The van der Waals surface area contributed by atoms with Gasteiger partial charge in [0.2, 0.25) is 5.91 Å². The Balaban J connectivity index is 1.83. The molecule has 0 saturated heterocycles. The van der Waals surface area contributed by atoms with Gasteiger partial charge in [-0.05, 0) is 49.4 Å². The van der Waals surface area contributed by atoms with Gasteiger partial charge in [0, 0.05) is 10.8 Å². The van der Waals surface area contributed by atoms with E-state index in [0.29, 0.717) is 0 Å². The van der Waals surface area contributed by atoms with Crippen LogP contribution in [0.3, 0.4) is 0 Å². The molecule has 1 aliphatic carbocycles. The third kappa shape index (κ3) is 1.74. The lowest BCUT2D eigenvalue weighted by Crippen LogP contribution is -2.25. The first-order valence-electron chi connectivity index (χ1n) is 6.10. The van der Waals surface area contributed by atoms with Gasteiger partial charge in [0.25, 0.3) is 0 Å². The second-order valence-electron chi connectivity index (χ2n) is 5.09. The third-order valence-corrected chi connectivity index (χ3v) is 3.89. The first-order chi connectivity index (χ1) is 8.61. The van der Waals surface area contributed by atoms with Crippen LogP contribution < -0.4 is 5.73 Å². The summed E-state index contributed by atoms with van der Waals surface area (Å²) in [4.78, 5) is 11.3. The number of rotatable bonds is 4. The number of phenolic OH excluding ortho intramolecular Hbond substituents is 1. The molecule has 3 rings (SSSR count). The fraction of sp³-hybridized carbons (Fsp3) is 0.357. The highest BCUT2D eigenvalue weighted by atomic mass is 16.3. The van der Waals surface area contributed by atoms with E-state index in [1.807, 2.05) is 0 Å². The fourth-order valence-corrected chi connectivity index (χ4v) is 2.41. The molecule has 2 aromatic rings. The molecule has 1 heterocycles. The maximum absolute atomic E-state index is 11.3. The molecule has 1 fully saturated rings. The monoisotopic (exact) mass is 245 g/mol. The Kier molecular flexibility index (Phi) is 2.33. The Morgan fingerprint density at radius 3 is 2.89 bits per heavy atom. The molecule has 3 N–H and O–H groups in total. The molecule has 1 amide bonds. The van der Waals surface area contributed by atoms with Crippen LogP contribution in [0.1, 0.15) is 24.8 Å². The van der Waals surface area contributed by atoms with Crippen LogP contribution >= 0.6 is 0 Å². The highest BCUT2D eigenvalue weighted by molar-refractivity contribution is 5.84. The molecule has 1 aromatic heterocycles. The molecule has 1 saturated carbocycles. The van der Waals surface area contributed by atoms with Crippen molar-refractivity contribution in [2.24, 2.45) is 11.1 Å². The summed E-state index contributed by atoms with van der Waals surface area (Å²) in [5.74, 6) is 0.0272. The number of fused-ring (bicyclic) bond motifs is 1. The van der Waals surface area contributed by atoms with Gasteiger partial charge in [-0.1, -0.05) is 0 Å². The first-order valence-corrected chi connectivity index (χ1v) is 6.10. The third-order valence-electron chi connectivity index (χ3n) is 3.89. The summed E-state index contributed by atoms with van der Waals surface area (Å²) in [6.45, 7) is 0. The molecule has 18 heavy (non-hydrogen) atoms. The maximum Gasteiger partial charge on any atom is 0.223 e. The lowest BCUT2D eigenvalue weighted by atomic mass is 9.96. The van der Waals surface area contributed by atoms with E-state index in [1.165, 1.54) is 0 Å². The predicted octanol–water partition coefficient (Wildman–Crippen LogP) is 2.34. The molecule has 1 aliphatic rings. The average molecular weight is 245 g/mol. The van der Waals surface area contributed by atoms with E-state index in [9.17, 15) is 9.90 Å². The van der Waals surface area contributed by atoms with Gasteiger partial charge in [-0.3, -0.25) is 4.79 Å². The van der Waals surface area contributed by atoms with Crippen molar-refractivity contribution in [3.8, 4) is 5.75 Å². The molecule has 94 valence electrons. The van der Waals surface area contributed by atoms with E-state index >= 15 is 0 Å². The molecule has 0 radical (unpaired) electrons. The van der Waals surface area contributed by atoms with Crippen LogP contribution in [0, 0.1) is 5.41 Å². The number of benzene rings is 1. The Morgan fingerprint density at radius 2 is 2.22 bits per heavy atom. The number of carbonyl (C=O) groups is 1. The van der Waals surface area contributed by atoms with Gasteiger partial charge in [0.1, 0.15) is 11.3 Å². The number of hydrogen-bond acceptors (Lipinski definition) is 3. The lowest BCUT2D eigenvalue weighted by Gasteiger charge is -2.09. The molecule has 1 aromatic carbocycles. The molecule has 0 bridgehead atoms. The van der Waals surface area contributed by atoms with Crippen molar-refractivity contribution >= 4 is 16.9 Å². The quantitative estimate of drug-likeness (QED) is 0.867. The van der Waals surface area contributed by atoms with Crippen molar-refractivity contribution < 1.29 is 14.3 Å². The van der Waals surface area contributed by atoms with Gasteiger partial charge >= 0.3 is 0 Å². The Morgan fingerprint density at radius 1 is 1.44 bits per heavy atom. The van der Waals surface area contributed by atoms with E-state index in [4.69, 9.17) is 10.2 Å². The highest BCUT2D eigenvalue weighted by Crippen LogP contribution is 2.49. The molecule has 0 aliphatic heterocycles. The van der Waals surface area contributed by atoms with Gasteiger partial charge in [-0.2, -0.15) is 0 Å². The van der Waals surface area contributed by atoms with E-state index < -0.39 is 0 Å². The largest absolute Gasteiger partial charge is 0.508 e. The zero-order chi connectivity index (χ0) is 12.8. The topological polar surface area (TPSA) is 76.5 Å². The standard InChI is InChI=1S/C14H15NO3/c15-13(17)14(5-6-14)4-3-9-8-18-12-2-1-10(16)7-11(9)12/h1-2,7-8,16H,3-6H2,(H2,15,17). The van der Waals surface area contributed by atoms with Gasteiger partial charge in [-0.15, -0.1) is 0 Å². The highest BCUT2D eigenvalue weighted by Gasteiger charge is 2.47. The van der Waals surface area contributed by atoms with Crippen LogP contribution in [0.4, 0.5) is 0 Å². The summed E-state index contributed by atoms with van der Waals surface area (Å²) in [5.41, 5.74) is 6.89. The molecule has 0 unspecified atom stereocenters. The van der Waals surface area contributed by atoms with E-state index in [1.54, 1.807) is 24.5 Å². The van der Waals surface area contributed by atoms with Crippen molar-refractivity contribution in [1.29, 1.82) is 0 Å². The second kappa shape index (κ2) is 3.77. The number of furan rings is 1. The molecule has 4 nitrogen and oxygen atoms in total. The average Bonchev–Trinajstić information content (AvgIpc) is 3.04. The van der Waals surface area contributed by atoms with Crippen LogP contribution in [-0.4, -0.2) is 11.0 Å². The zero-order valence-electron chi connectivity index (χ0n) is 9.98. The summed E-state index contributed by atoms with van der Waals surface area (Å²) in [5, 5.41) is 10.4. The molecule has 0 spiro atoms. The number of aromatic hydroxyl groups is 1. The van der Waals surface area contributed by atoms with Crippen LogP contribution in [0.15, 0.2) is 28.9 Å². The van der Waals surface area contributed by atoms with Gasteiger partial charge < -0.3 is 15.3 Å². The summed E-state index contributed by atoms with van der Waals surface area (Å²) in [6, 6.07) is 5.04. The minimum absolute atomic E-state index is 0.196. The molecule has 4 heteroatoms. The second-order valence-corrected chi connectivity index (χ2v) is 5.09. The lowest BCUT2D eigenvalue weighted by molar-refractivity contribution is -0.123. The number of carbonyl (C=O) groups excluding carboxylic acids is 1. The van der Waals surface area contributed by atoms with Crippen molar-refractivity contribution in [3.05, 3.63) is 30.0 Å². The minimum atomic E-state index is -0.291. The van der Waals surface area contributed by atoms with E-state index in [2.05, 4.69) is 0 Å². The zero-order valence-corrected chi connectivity index (χ0v) is 9.98. The normalized spacial score (nSPS) is 16.9. The number of amides is 1. The number of nitrogens with two attached hydrogens (primary N) is 1. The minimum Gasteiger partial charge on any atom is -0.508 e. The summed E-state index contributed by atoms with van der Waals surface area (Å²) in [6.07, 6.45) is 4.99. The van der Waals surface area contributed by atoms with Crippen molar-refractivity contribution in [1.82, 2.24) is 0 Å². The number of hydrogen-bond donors (Lipinski definition) is 2. The molecular weight excluding hydrogens is 230 g/mol. The van der Waals surface area contributed by atoms with Gasteiger partial charge in [0.05, 0.1) is 6.26 Å². The van der Waals surface area contributed by atoms with Crippen LogP contribution in [0.2, 0.25) is 0 Å². The van der Waals surface area contributed by atoms with E-state index in [0.717, 1.165) is 42.2 Å². The van der Waals surface area contributed by atoms with Gasteiger partial charge in [0.15, 0.2) is 0 Å². The number of phenols is 1. The van der Waals surface area contributed by atoms with Crippen LogP contribution in [-0.2, 0) is 11.2 Å². The van der Waals surface area contributed by atoms with Crippen molar-refractivity contribution in [3.63, 3.8) is 0 Å². The van der Waals surface area contributed by atoms with Crippen LogP contribution in [0.5, 0.6) is 5.75 Å². The van der Waals surface area contributed by atoms with Crippen LogP contribution in [0.25, 0.3) is 11.0 Å². The van der Waals surface area contributed by atoms with Crippen molar-refractivity contribution in [2.45, 2.75) is 25.7 Å². The predicted molar refractivity (Wildman–Crippen MR) is 67.1 cm³/mol. The van der Waals surface area contributed by atoms with Crippen molar-refractivity contribution in [2.75, 3.05) is 0 Å². The molecular formula is C14H15NO3. The fourth-order valence-electron chi connectivity index (χ4n) is 2.41. The molecule has 0 atom stereocenters. The summed E-state index contributed by atoms with van der Waals surface area (Å²) >= 11 is 0. The van der Waals surface area contributed by atoms with E-state index in [-0.39, 0.29) is 17.1 Å². The summed E-state index contributed by atoms with van der Waals surface area (Å²) < 4.78 is 5.42. The Labute approximate surface area is 104 Å². The SMILES string of the molecule is NC(=O)C1(CCc2coc3ccc(O)cc23)CC1. The number of aryl methyl sites for hydroxylation is 1.